The van der Waals surface area contributed by atoms with E-state index in [2.05, 4.69) is 4.98 Å². The summed E-state index contributed by atoms with van der Waals surface area (Å²) in [4.78, 5) is 24.6. The average Bonchev–Trinajstić information content (AvgIpc) is 2.42. The van der Waals surface area contributed by atoms with Gasteiger partial charge in [0.2, 0.25) is 11.6 Å². The molecule has 0 unspecified atom stereocenters. The number of nitrogens with zero attached hydrogens (tertiary/aromatic N) is 2. The molecule has 21 heavy (non-hydrogen) atoms. The summed E-state index contributed by atoms with van der Waals surface area (Å²) in [6.07, 6.45) is 1.08. The minimum atomic E-state index is -1.34. The monoisotopic (exact) mass is 312 g/mol. The zero-order valence-corrected chi connectivity index (χ0v) is 10.9. The van der Waals surface area contributed by atoms with Gasteiger partial charge >= 0.3 is 11.7 Å². The number of nitro benzene ring substituents is 1. The summed E-state index contributed by atoms with van der Waals surface area (Å²) in [5, 5.41) is 19.4. The summed E-state index contributed by atoms with van der Waals surface area (Å²) in [5.74, 6) is -3.47. The Morgan fingerprint density at radius 3 is 2.76 bits per heavy atom. The molecular formula is C12H6ClFN2O5. The van der Waals surface area contributed by atoms with E-state index in [0.717, 1.165) is 30.5 Å². The van der Waals surface area contributed by atoms with Gasteiger partial charge in [-0.2, -0.15) is 0 Å². The molecule has 0 bridgehead atoms. The highest BCUT2D eigenvalue weighted by Crippen LogP contribution is 2.36. The van der Waals surface area contributed by atoms with Crippen molar-refractivity contribution in [3.05, 3.63) is 57.0 Å². The highest BCUT2D eigenvalue weighted by molar-refractivity contribution is 6.34. The van der Waals surface area contributed by atoms with Crippen LogP contribution in [0.25, 0.3) is 0 Å². The van der Waals surface area contributed by atoms with Crippen LogP contribution in [0.4, 0.5) is 10.1 Å². The summed E-state index contributed by atoms with van der Waals surface area (Å²) in [6, 6.07) is 4.25. The van der Waals surface area contributed by atoms with Gasteiger partial charge in [-0.05, 0) is 12.1 Å². The van der Waals surface area contributed by atoms with Gasteiger partial charge in [0, 0.05) is 12.3 Å². The van der Waals surface area contributed by atoms with Gasteiger partial charge in [0.05, 0.1) is 10.5 Å². The molecule has 0 fully saturated rings. The summed E-state index contributed by atoms with van der Waals surface area (Å²) >= 11 is 5.78. The first kappa shape index (κ1) is 14.7. The number of nitro groups is 1. The van der Waals surface area contributed by atoms with E-state index in [0.29, 0.717) is 0 Å². The Morgan fingerprint density at radius 1 is 1.43 bits per heavy atom. The second-order valence-electron chi connectivity index (χ2n) is 3.73. The maximum atomic E-state index is 13.7. The fourth-order valence-corrected chi connectivity index (χ4v) is 1.73. The third-order valence-corrected chi connectivity index (χ3v) is 2.79. The number of carboxylic acid groups (broad SMARTS) is 1. The molecule has 1 aromatic carbocycles. The number of pyridine rings is 1. The summed E-state index contributed by atoms with van der Waals surface area (Å²) in [6.45, 7) is 0. The number of hydrogen-bond acceptors (Lipinski definition) is 5. The molecule has 1 heterocycles. The first-order chi connectivity index (χ1) is 9.91. The number of para-hydroxylation sites is 1. The normalized spacial score (nSPS) is 10.2. The molecule has 0 saturated carbocycles. The van der Waals surface area contributed by atoms with Crippen LogP contribution < -0.4 is 4.74 Å². The second kappa shape index (κ2) is 5.71. The molecule has 1 N–H and O–H groups in total. The molecule has 1 aromatic heterocycles. The van der Waals surface area contributed by atoms with Crippen molar-refractivity contribution in [2.24, 2.45) is 0 Å². The fraction of sp³-hybridized carbons (Fsp3) is 0. The third-order valence-electron chi connectivity index (χ3n) is 2.43. The molecule has 0 aliphatic heterocycles. The van der Waals surface area contributed by atoms with Crippen LogP contribution in [0.2, 0.25) is 5.02 Å². The van der Waals surface area contributed by atoms with Gasteiger partial charge in [-0.25, -0.2) is 14.2 Å². The lowest BCUT2D eigenvalue weighted by Crippen LogP contribution is -2.02. The lowest BCUT2D eigenvalue weighted by Gasteiger charge is -2.08. The van der Waals surface area contributed by atoms with Gasteiger partial charge in [0.1, 0.15) is 5.02 Å². The van der Waals surface area contributed by atoms with Crippen molar-refractivity contribution in [1.82, 2.24) is 4.98 Å². The van der Waals surface area contributed by atoms with E-state index in [9.17, 15) is 19.3 Å². The van der Waals surface area contributed by atoms with Crippen LogP contribution in [0, 0.1) is 15.9 Å². The van der Waals surface area contributed by atoms with Crippen molar-refractivity contribution in [2.75, 3.05) is 0 Å². The molecule has 0 aliphatic rings. The molecule has 0 aliphatic carbocycles. The van der Waals surface area contributed by atoms with E-state index in [1.807, 2.05) is 0 Å². The van der Waals surface area contributed by atoms with Crippen LogP contribution in [-0.2, 0) is 0 Å². The SMILES string of the molecule is O=C(O)c1ccnc(Oc2c(F)cccc2[N+](=O)[O-])c1Cl. The molecule has 7 nitrogen and oxygen atoms in total. The van der Waals surface area contributed by atoms with Crippen LogP contribution in [0.5, 0.6) is 11.6 Å². The molecule has 108 valence electrons. The Morgan fingerprint density at radius 2 is 2.14 bits per heavy atom. The third kappa shape index (κ3) is 2.90. The smallest absolute Gasteiger partial charge is 0.337 e. The minimum Gasteiger partial charge on any atom is -0.478 e. The lowest BCUT2D eigenvalue weighted by atomic mass is 10.2. The van der Waals surface area contributed by atoms with E-state index in [4.69, 9.17) is 21.4 Å². The number of aromatic carboxylic acids is 1. The standard InChI is InChI=1S/C12H6ClFN2O5/c13-9-6(12(17)18)4-5-15-11(9)21-10-7(14)2-1-3-8(10)16(19)20/h1-5H,(H,17,18). The van der Waals surface area contributed by atoms with Crippen molar-refractivity contribution >= 4 is 23.3 Å². The zero-order valence-electron chi connectivity index (χ0n) is 10.1. The minimum absolute atomic E-state index is 0.319. The lowest BCUT2D eigenvalue weighted by molar-refractivity contribution is -0.385. The van der Waals surface area contributed by atoms with Crippen molar-refractivity contribution in [1.29, 1.82) is 0 Å². The number of benzene rings is 1. The largest absolute Gasteiger partial charge is 0.478 e. The van der Waals surface area contributed by atoms with Gasteiger partial charge < -0.3 is 9.84 Å². The number of rotatable bonds is 4. The summed E-state index contributed by atoms with van der Waals surface area (Å²) < 4.78 is 18.7. The van der Waals surface area contributed by atoms with Crippen LogP contribution in [-0.4, -0.2) is 21.0 Å². The van der Waals surface area contributed by atoms with Crippen molar-refractivity contribution < 1.29 is 24.0 Å². The van der Waals surface area contributed by atoms with Crippen LogP contribution >= 0.6 is 11.6 Å². The maximum Gasteiger partial charge on any atom is 0.337 e. The van der Waals surface area contributed by atoms with Crippen molar-refractivity contribution in [3.8, 4) is 11.6 Å². The van der Waals surface area contributed by atoms with Gasteiger partial charge in [-0.3, -0.25) is 10.1 Å². The number of halogens is 2. The van der Waals surface area contributed by atoms with Crippen molar-refractivity contribution in [3.63, 3.8) is 0 Å². The number of carbonyl (C=O) groups is 1. The van der Waals surface area contributed by atoms with Crippen molar-refractivity contribution in [2.45, 2.75) is 0 Å². The highest BCUT2D eigenvalue weighted by atomic mass is 35.5. The molecule has 2 rings (SSSR count). The predicted octanol–water partition coefficient (Wildman–Crippen LogP) is 3.27. The molecule has 0 spiro atoms. The van der Waals surface area contributed by atoms with Gasteiger partial charge in [0.25, 0.3) is 0 Å². The highest BCUT2D eigenvalue weighted by Gasteiger charge is 2.23. The molecule has 2 aromatic rings. The Kier molecular flexibility index (Phi) is 3.99. The Hall–Kier alpha value is -2.74. The van der Waals surface area contributed by atoms with E-state index < -0.39 is 34.0 Å². The van der Waals surface area contributed by atoms with E-state index in [1.165, 1.54) is 0 Å². The van der Waals surface area contributed by atoms with Gasteiger partial charge in [-0.15, -0.1) is 0 Å². The average molecular weight is 313 g/mol. The molecule has 0 radical (unpaired) electrons. The topological polar surface area (TPSA) is 103 Å². The van der Waals surface area contributed by atoms with Gasteiger partial charge in [-0.1, -0.05) is 17.7 Å². The fourth-order valence-electron chi connectivity index (χ4n) is 1.50. The molecule has 0 atom stereocenters. The van der Waals surface area contributed by atoms with Crippen LogP contribution in [0.15, 0.2) is 30.5 Å². The number of ether oxygens (including phenoxy) is 1. The first-order valence-corrected chi connectivity index (χ1v) is 5.78. The van der Waals surface area contributed by atoms with E-state index in [-0.39, 0.29) is 10.6 Å². The summed E-state index contributed by atoms with van der Waals surface area (Å²) in [5.41, 5.74) is -0.950. The Balaban J connectivity index is 2.51. The Labute approximate surface area is 121 Å². The summed E-state index contributed by atoms with van der Waals surface area (Å²) in [7, 11) is 0. The quantitative estimate of drug-likeness (QED) is 0.686. The molecular weight excluding hydrogens is 307 g/mol. The zero-order chi connectivity index (χ0) is 15.6. The number of carboxylic acids is 1. The predicted molar refractivity (Wildman–Crippen MR) is 69.3 cm³/mol. The first-order valence-electron chi connectivity index (χ1n) is 5.40. The molecule has 0 saturated heterocycles. The van der Waals surface area contributed by atoms with E-state index >= 15 is 0 Å². The van der Waals surface area contributed by atoms with E-state index in [1.54, 1.807) is 0 Å². The molecule has 0 amide bonds. The van der Waals surface area contributed by atoms with Crippen LogP contribution in [0.1, 0.15) is 10.4 Å². The second-order valence-corrected chi connectivity index (χ2v) is 4.11. The number of hydrogen-bond donors (Lipinski definition) is 1. The van der Waals surface area contributed by atoms with Crippen LogP contribution in [0.3, 0.4) is 0 Å². The Bertz CT molecular complexity index is 738. The molecule has 9 heteroatoms. The van der Waals surface area contributed by atoms with Gasteiger partial charge in [0.15, 0.2) is 5.82 Å². The number of aromatic nitrogens is 1. The maximum absolute atomic E-state index is 13.7.